The summed E-state index contributed by atoms with van der Waals surface area (Å²) >= 11 is 0. The number of anilines is 1. The SMILES string of the molecule is COCCc1cc(NC2CCC(C)C(C)C2)n(C)n1. The number of hydrogen-bond acceptors (Lipinski definition) is 3. The standard InChI is InChI=1S/C15H27N3O/c1-11-5-6-13(9-12(11)2)16-15-10-14(7-8-19-4)17-18(15)3/h10-13,16H,5-9H2,1-4H3. The van der Waals surface area contributed by atoms with E-state index in [1.54, 1.807) is 7.11 Å². The molecule has 108 valence electrons. The Morgan fingerprint density at radius 1 is 1.37 bits per heavy atom. The minimum absolute atomic E-state index is 0.594. The van der Waals surface area contributed by atoms with Gasteiger partial charge in [0.25, 0.3) is 0 Å². The number of aryl methyl sites for hydroxylation is 1. The number of ether oxygens (including phenoxy) is 1. The Morgan fingerprint density at radius 3 is 2.84 bits per heavy atom. The summed E-state index contributed by atoms with van der Waals surface area (Å²) in [7, 11) is 3.74. The van der Waals surface area contributed by atoms with E-state index in [0.29, 0.717) is 6.04 Å². The van der Waals surface area contributed by atoms with Crippen LogP contribution in [0.2, 0.25) is 0 Å². The summed E-state index contributed by atoms with van der Waals surface area (Å²) in [5, 5.41) is 8.18. The van der Waals surface area contributed by atoms with E-state index in [9.17, 15) is 0 Å². The molecule has 1 aliphatic rings. The number of nitrogens with zero attached hydrogens (tertiary/aromatic N) is 2. The van der Waals surface area contributed by atoms with Gasteiger partial charge in [0.1, 0.15) is 5.82 Å². The first-order valence-corrected chi connectivity index (χ1v) is 7.38. The molecule has 1 fully saturated rings. The van der Waals surface area contributed by atoms with Crippen LogP contribution in [0.5, 0.6) is 0 Å². The molecule has 3 atom stereocenters. The number of rotatable bonds is 5. The Labute approximate surface area is 116 Å². The lowest BCUT2D eigenvalue weighted by molar-refractivity contribution is 0.201. The summed E-state index contributed by atoms with van der Waals surface area (Å²) in [6.07, 6.45) is 4.74. The Morgan fingerprint density at radius 2 is 2.16 bits per heavy atom. The predicted molar refractivity (Wildman–Crippen MR) is 78.4 cm³/mol. The second-order valence-electron chi connectivity index (χ2n) is 6.00. The lowest BCUT2D eigenvalue weighted by Crippen LogP contribution is -2.30. The van der Waals surface area contributed by atoms with Gasteiger partial charge in [0.15, 0.2) is 0 Å². The molecule has 2 rings (SSSR count). The molecule has 0 radical (unpaired) electrons. The summed E-state index contributed by atoms with van der Waals surface area (Å²) in [5.41, 5.74) is 1.10. The van der Waals surface area contributed by atoms with Crippen molar-refractivity contribution in [1.29, 1.82) is 0 Å². The van der Waals surface area contributed by atoms with Gasteiger partial charge in [0, 0.05) is 32.7 Å². The molecule has 0 saturated heterocycles. The van der Waals surface area contributed by atoms with E-state index in [-0.39, 0.29) is 0 Å². The highest BCUT2D eigenvalue weighted by Crippen LogP contribution is 2.31. The maximum absolute atomic E-state index is 5.10. The fraction of sp³-hybridized carbons (Fsp3) is 0.800. The molecule has 0 aliphatic heterocycles. The highest BCUT2D eigenvalue weighted by molar-refractivity contribution is 5.38. The van der Waals surface area contributed by atoms with E-state index in [1.807, 2.05) is 11.7 Å². The van der Waals surface area contributed by atoms with Crippen LogP contribution in [0.25, 0.3) is 0 Å². The average molecular weight is 265 g/mol. The smallest absolute Gasteiger partial charge is 0.124 e. The van der Waals surface area contributed by atoms with Gasteiger partial charge in [-0.3, -0.25) is 4.68 Å². The Balaban J connectivity index is 1.93. The van der Waals surface area contributed by atoms with E-state index >= 15 is 0 Å². The van der Waals surface area contributed by atoms with Crippen molar-refractivity contribution in [2.24, 2.45) is 18.9 Å². The third-order valence-electron chi connectivity index (χ3n) is 4.44. The van der Waals surface area contributed by atoms with Crippen LogP contribution in [0.3, 0.4) is 0 Å². The quantitative estimate of drug-likeness (QED) is 0.890. The van der Waals surface area contributed by atoms with E-state index < -0.39 is 0 Å². The molecule has 4 nitrogen and oxygen atoms in total. The van der Waals surface area contributed by atoms with Gasteiger partial charge in [0.2, 0.25) is 0 Å². The van der Waals surface area contributed by atoms with Gasteiger partial charge in [0.05, 0.1) is 12.3 Å². The van der Waals surface area contributed by atoms with Crippen molar-refractivity contribution < 1.29 is 4.74 Å². The van der Waals surface area contributed by atoms with Gasteiger partial charge >= 0.3 is 0 Å². The van der Waals surface area contributed by atoms with Gasteiger partial charge in [-0.05, 0) is 31.1 Å². The Kier molecular flexibility index (Phi) is 4.86. The largest absolute Gasteiger partial charge is 0.384 e. The highest BCUT2D eigenvalue weighted by atomic mass is 16.5. The zero-order chi connectivity index (χ0) is 13.8. The molecule has 0 bridgehead atoms. The van der Waals surface area contributed by atoms with Crippen molar-refractivity contribution in [1.82, 2.24) is 9.78 Å². The van der Waals surface area contributed by atoms with E-state index in [0.717, 1.165) is 36.4 Å². The van der Waals surface area contributed by atoms with Crippen molar-refractivity contribution in [2.45, 2.75) is 45.6 Å². The fourth-order valence-corrected chi connectivity index (χ4v) is 2.88. The summed E-state index contributed by atoms with van der Waals surface area (Å²) in [6.45, 7) is 5.47. The van der Waals surface area contributed by atoms with Crippen molar-refractivity contribution in [3.63, 3.8) is 0 Å². The maximum Gasteiger partial charge on any atom is 0.124 e. The molecule has 1 saturated carbocycles. The Hall–Kier alpha value is -1.03. The molecule has 1 aromatic rings. The van der Waals surface area contributed by atoms with E-state index in [4.69, 9.17) is 4.74 Å². The minimum atomic E-state index is 0.594. The van der Waals surface area contributed by atoms with Crippen molar-refractivity contribution in [2.75, 3.05) is 19.0 Å². The molecule has 4 heteroatoms. The molecule has 3 unspecified atom stereocenters. The summed E-state index contributed by atoms with van der Waals surface area (Å²) in [6, 6.07) is 2.75. The maximum atomic E-state index is 5.10. The van der Waals surface area contributed by atoms with Crippen LogP contribution in [0.1, 0.15) is 38.8 Å². The number of nitrogens with one attached hydrogen (secondary N) is 1. The minimum Gasteiger partial charge on any atom is -0.384 e. The van der Waals surface area contributed by atoms with Gasteiger partial charge in [-0.2, -0.15) is 5.10 Å². The zero-order valence-electron chi connectivity index (χ0n) is 12.6. The third kappa shape index (κ3) is 3.72. The normalized spacial score (nSPS) is 27.5. The number of hydrogen-bond donors (Lipinski definition) is 1. The van der Waals surface area contributed by atoms with Crippen LogP contribution in [-0.2, 0) is 18.2 Å². The summed E-state index contributed by atoms with van der Waals surface area (Å²) < 4.78 is 7.05. The molecule has 1 N–H and O–H groups in total. The Bertz CT molecular complexity index is 402. The van der Waals surface area contributed by atoms with Crippen LogP contribution in [0, 0.1) is 11.8 Å². The van der Waals surface area contributed by atoms with Gasteiger partial charge in [-0.25, -0.2) is 0 Å². The van der Waals surface area contributed by atoms with Crippen LogP contribution in [-0.4, -0.2) is 29.5 Å². The van der Waals surface area contributed by atoms with Crippen molar-refractivity contribution in [3.05, 3.63) is 11.8 Å². The monoisotopic (exact) mass is 265 g/mol. The summed E-state index contributed by atoms with van der Waals surface area (Å²) in [4.78, 5) is 0. The molecular formula is C15H27N3O. The highest BCUT2D eigenvalue weighted by Gasteiger charge is 2.24. The van der Waals surface area contributed by atoms with Crippen molar-refractivity contribution in [3.8, 4) is 0 Å². The molecular weight excluding hydrogens is 238 g/mol. The lowest BCUT2D eigenvalue weighted by atomic mass is 9.79. The average Bonchev–Trinajstić information content (AvgIpc) is 2.72. The van der Waals surface area contributed by atoms with Gasteiger partial charge in [-0.15, -0.1) is 0 Å². The molecule has 0 aromatic carbocycles. The first-order chi connectivity index (χ1) is 9.10. The lowest BCUT2D eigenvalue weighted by Gasteiger charge is -2.32. The van der Waals surface area contributed by atoms with E-state index in [2.05, 4.69) is 30.3 Å². The molecule has 1 heterocycles. The zero-order valence-corrected chi connectivity index (χ0v) is 12.6. The fourth-order valence-electron chi connectivity index (χ4n) is 2.88. The first kappa shape index (κ1) is 14.4. The van der Waals surface area contributed by atoms with Gasteiger partial charge in [-0.1, -0.05) is 13.8 Å². The third-order valence-corrected chi connectivity index (χ3v) is 4.44. The molecule has 1 aromatic heterocycles. The number of methoxy groups -OCH3 is 1. The molecule has 19 heavy (non-hydrogen) atoms. The van der Waals surface area contributed by atoms with Crippen molar-refractivity contribution >= 4 is 5.82 Å². The topological polar surface area (TPSA) is 39.1 Å². The summed E-state index contributed by atoms with van der Waals surface area (Å²) in [5.74, 6) is 2.81. The van der Waals surface area contributed by atoms with E-state index in [1.165, 1.54) is 19.3 Å². The van der Waals surface area contributed by atoms with Crippen LogP contribution in [0.15, 0.2) is 6.07 Å². The van der Waals surface area contributed by atoms with Crippen LogP contribution >= 0.6 is 0 Å². The van der Waals surface area contributed by atoms with Crippen LogP contribution < -0.4 is 5.32 Å². The molecule has 0 amide bonds. The van der Waals surface area contributed by atoms with Gasteiger partial charge < -0.3 is 10.1 Å². The predicted octanol–water partition coefficient (Wildman–Crippen LogP) is 2.85. The second kappa shape index (κ2) is 6.42. The molecule has 0 spiro atoms. The number of aromatic nitrogens is 2. The van der Waals surface area contributed by atoms with Crippen LogP contribution in [0.4, 0.5) is 5.82 Å². The first-order valence-electron chi connectivity index (χ1n) is 7.38. The second-order valence-corrected chi connectivity index (χ2v) is 6.00. The molecule has 1 aliphatic carbocycles.